The molecule has 0 N–H and O–H groups in total. The molecule has 1 aromatic carbocycles. The SMILES string of the molecule is CCCCCC1CC=C(c2ccc3c(c2F)C(F)C(F)C2=C(F)C(C)(CCC)CC=C23)CC1. The second-order valence-electron chi connectivity index (χ2n) is 10.4. The van der Waals surface area contributed by atoms with Crippen LogP contribution in [-0.2, 0) is 0 Å². The third kappa shape index (κ3) is 4.35. The summed E-state index contributed by atoms with van der Waals surface area (Å²) in [5.41, 5.74) is 0.602. The summed E-state index contributed by atoms with van der Waals surface area (Å²) < 4.78 is 61.7. The first-order chi connectivity index (χ1) is 15.8. The van der Waals surface area contributed by atoms with Gasteiger partial charge in [-0.15, -0.1) is 0 Å². The first-order valence-electron chi connectivity index (χ1n) is 12.7. The van der Waals surface area contributed by atoms with Crippen molar-refractivity contribution in [1.82, 2.24) is 0 Å². The van der Waals surface area contributed by atoms with Crippen LogP contribution in [0.4, 0.5) is 17.6 Å². The molecule has 3 aliphatic rings. The van der Waals surface area contributed by atoms with Crippen LogP contribution in [-0.4, -0.2) is 6.17 Å². The van der Waals surface area contributed by atoms with Crippen molar-refractivity contribution >= 4 is 11.1 Å². The summed E-state index contributed by atoms with van der Waals surface area (Å²) in [6, 6.07) is 3.35. The molecule has 4 heteroatoms. The van der Waals surface area contributed by atoms with Crippen LogP contribution in [0, 0.1) is 17.2 Å². The Morgan fingerprint density at radius 3 is 2.39 bits per heavy atom. The van der Waals surface area contributed by atoms with Gasteiger partial charge in [0.2, 0.25) is 0 Å². The number of halogens is 4. The van der Waals surface area contributed by atoms with Gasteiger partial charge in [-0.25, -0.2) is 17.6 Å². The third-order valence-electron chi connectivity index (χ3n) is 7.97. The Balaban J connectivity index is 1.66. The van der Waals surface area contributed by atoms with E-state index in [0.717, 1.165) is 31.3 Å². The van der Waals surface area contributed by atoms with Crippen LogP contribution in [0.2, 0.25) is 0 Å². The van der Waals surface area contributed by atoms with E-state index in [1.165, 1.54) is 25.7 Å². The topological polar surface area (TPSA) is 0 Å². The Bertz CT molecular complexity index is 986. The smallest absolute Gasteiger partial charge is 0.164 e. The van der Waals surface area contributed by atoms with Gasteiger partial charge in [0.1, 0.15) is 11.6 Å². The fourth-order valence-electron chi connectivity index (χ4n) is 5.97. The number of fused-ring (bicyclic) bond motifs is 3. The largest absolute Gasteiger partial charge is 0.239 e. The Labute approximate surface area is 195 Å². The van der Waals surface area contributed by atoms with E-state index in [1.54, 1.807) is 25.1 Å². The molecule has 4 rings (SSSR count). The van der Waals surface area contributed by atoms with Crippen molar-refractivity contribution in [2.75, 3.05) is 0 Å². The molecule has 0 radical (unpaired) electrons. The third-order valence-corrected chi connectivity index (χ3v) is 7.97. The summed E-state index contributed by atoms with van der Waals surface area (Å²) in [5.74, 6) is -0.637. The second kappa shape index (κ2) is 9.80. The van der Waals surface area contributed by atoms with E-state index in [1.807, 2.05) is 6.92 Å². The number of benzene rings is 1. The van der Waals surface area contributed by atoms with Gasteiger partial charge in [0.15, 0.2) is 12.3 Å². The van der Waals surface area contributed by atoms with Crippen LogP contribution in [0.5, 0.6) is 0 Å². The van der Waals surface area contributed by atoms with Gasteiger partial charge in [-0.1, -0.05) is 77.2 Å². The summed E-state index contributed by atoms with van der Waals surface area (Å²) in [7, 11) is 0. The lowest BCUT2D eigenvalue weighted by Gasteiger charge is -2.38. The van der Waals surface area contributed by atoms with E-state index in [4.69, 9.17) is 0 Å². The molecule has 4 unspecified atom stereocenters. The number of alkyl halides is 2. The molecule has 0 heterocycles. The Kier molecular flexibility index (Phi) is 7.21. The average molecular weight is 461 g/mol. The van der Waals surface area contributed by atoms with Gasteiger partial charge in [-0.05, 0) is 54.7 Å². The zero-order chi connectivity index (χ0) is 23.8. The number of hydrogen-bond acceptors (Lipinski definition) is 0. The van der Waals surface area contributed by atoms with Crippen molar-refractivity contribution < 1.29 is 17.6 Å². The molecular formula is C29H36F4. The van der Waals surface area contributed by atoms with Crippen molar-refractivity contribution in [2.24, 2.45) is 11.3 Å². The van der Waals surface area contributed by atoms with Crippen LogP contribution >= 0.6 is 0 Å². The molecule has 1 aromatic rings. The van der Waals surface area contributed by atoms with E-state index >= 15 is 17.6 Å². The van der Waals surface area contributed by atoms with Crippen LogP contribution in [0.15, 0.2) is 35.7 Å². The molecule has 33 heavy (non-hydrogen) atoms. The Morgan fingerprint density at radius 2 is 1.73 bits per heavy atom. The number of allylic oxidation sites excluding steroid dienone is 6. The van der Waals surface area contributed by atoms with Crippen LogP contribution in [0.1, 0.15) is 108 Å². The normalized spacial score (nSPS) is 29.4. The maximum Gasteiger partial charge on any atom is 0.164 e. The molecule has 180 valence electrons. The lowest BCUT2D eigenvalue weighted by molar-refractivity contribution is 0.180. The average Bonchev–Trinajstić information content (AvgIpc) is 2.80. The van der Waals surface area contributed by atoms with E-state index in [9.17, 15) is 0 Å². The molecule has 0 nitrogen and oxygen atoms in total. The minimum atomic E-state index is -2.20. The highest BCUT2D eigenvalue weighted by Gasteiger charge is 2.46. The standard InChI is InChI=1S/C29H36F4/c1-4-6-7-8-18-9-11-19(12-10-18)20-13-14-21-22-15-17-29(3,16-5-2)28(33)24(22)27(32)26(31)23(21)25(20)30/h11,13-15,18,26-27H,4-10,12,16-17H2,1-3H3. The van der Waals surface area contributed by atoms with Crippen LogP contribution in [0.25, 0.3) is 11.1 Å². The number of rotatable bonds is 7. The molecule has 3 aliphatic carbocycles. The molecule has 4 atom stereocenters. The van der Waals surface area contributed by atoms with Gasteiger partial charge in [-0.2, -0.15) is 0 Å². The predicted molar refractivity (Wildman–Crippen MR) is 128 cm³/mol. The summed E-state index contributed by atoms with van der Waals surface area (Å²) in [4.78, 5) is 0. The molecule has 0 saturated heterocycles. The number of unbranched alkanes of at least 4 members (excludes halogenated alkanes) is 2. The summed E-state index contributed by atoms with van der Waals surface area (Å²) in [6.45, 7) is 5.91. The van der Waals surface area contributed by atoms with E-state index < -0.39 is 29.4 Å². The summed E-state index contributed by atoms with van der Waals surface area (Å²) in [6.07, 6.45) is 8.68. The van der Waals surface area contributed by atoms with Crippen molar-refractivity contribution in [1.29, 1.82) is 0 Å². The molecule has 0 aliphatic heterocycles. The molecule has 0 fully saturated rings. The van der Waals surface area contributed by atoms with E-state index in [-0.39, 0.29) is 11.1 Å². The van der Waals surface area contributed by atoms with Gasteiger partial charge in [0.25, 0.3) is 0 Å². The van der Waals surface area contributed by atoms with Gasteiger partial charge >= 0.3 is 0 Å². The fourth-order valence-corrected chi connectivity index (χ4v) is 5.97. The van der Waals surface area contributed by atoms with E-state index in [2.05, 4.69) is 13.0 Å². The fraction of sp³-hybridized carbons (Fsp3) is 0.586. The minimum absolute atomic E-state index is 0.212. The maximum atomic E-state index is 15.7. The molecule has 0 saturated carbocycles. The van der Waals surface area contributed by atoms with Gasteiger partial charge in [0, 0.05) is 22.1 Å². The highest BCUT2D eigenvalue weighted by atomic mass is 19.2. The zero-order valence-electron chi connectivity index (χ0n) is 20.1. The van der Waals surface area contributed by atoms with E-state index in [0.29, 0.717) is 35.5 Å². The first kappa shape index (κ1) is 24.3. The maximum absolute atomic E-state index is 15.7. The molecule has 0 amide bonds. The van der Waals surface area contributed by atoms with Crippen molar-refractivity contribution in [3.8, 4) is 0 Å². The quantitative estimate of drug-likeness (QED) is 0.281. The second-order valence-corrected chi connectivity index (χ2v) is 10.4. The summed E-state index contributed by atoms with van der Waals surface area (Å²) in [5, 5.41) is 0. The van der Waals surface area contributed by atoms with Gasteiger partial charge in [0.05, 0.1) is 0 Å². The van der Waals surface area contributed by atoms with Crippen molar-refractivity contribution in [3.63, 3.8) is 0 Å². The Hall–Kier alpha value is -1.84. The highest BCUT2D eigenvalue weighted by molar-refractivity contribution is 5.87. The molecule has 0 spiro atoms. The molecule has 0 bridgehead atoms. The molecular weight excluding hydrogens is 424 g/mol. The number of hydrogen-bond donors (Lipinski definition) is 0. The Morgan fingerprint density at radius 1 is 0.970 bits per heavy atom. The molecule has 0 aromatic heterocycles. The van der Waals surface area contributed by atoms with Crippen LogP contribution in [0.3, 0.4) is 0 Å². The van der Waals surface area contributed by atoms with Crippen LogP contribution < -0.4 is 0 Å². The predicted octanol–water partition coefficient (Wildman–Crippen LogP) is 9.77. The lowest BCUT2D eigenvalue weighted by Crippen LogP contribution is -2.30. The lowest BCUT2D eigenvalue weighted by atomic mass is 9.69. The van der Waals surface area contributed by atoms with Gasteiger partial charge in [-0.3, -0.25) is 0 Å². The highest BCUT2D eigenvalue weighted by Crippen LogP contribution is 2.54. The zero-order valence-corrected chi connectivity index (χ0v) is 20.1. The van der Waals surface area contributed by atoms with Crippen molar-refractivity contribution in [2.45, 2.75) is 97.3 Å². The minimum Gasteiger partial charge on any atom is -0.239 e. The van der Waals surface area contributed by atoms with Crippen molar-refractivity contribution in [3.05, 3.63) is 58.2 Å². The summed E-state index contributed by atoms with van der Waals surface area (Å²) >= 11 is 0. The van der Waals surface area contributed by atoms with Gasteiger partial charge < -0.3 is 0 Å². The monoisotopic (exact) mass is 460 g/mol. The first-order valence-corrected chi connectivity index (χ1v) is 12.7.